The Hall–Kier alpha value is -2.89. The van der Waals surface area contributed by atoms with E-state index in [0.717, 1.165) is 83.5 Å². The zero-order valence-electron chi connectivity index (χ0n) is 43.0. The number of esters is 3. The van der Waals surface area contributed by atoms with Crippen LogP contribution in [0.15, 0.2) is 60.8 Å². The molecule has 0 aliphatic rings. The average Bonchev–Trinajstić information content (AvgIpc) is 3.30. The third-order valence-electron chi connectivity index (χ3n) is 12.0. The van der Waals surface area contributed by atoms with Crippen molar-refractivity contribution in [3.63, 3.8) is 0 Å². The maximum absolute atomic E-state index is 12.8. The van der Waals surface area contributed by atoms with Crippen molar-refractivity contribution in [2.45, 2.75) is 284 Å². The Bertz CT molecular complexity index is 1180. The van der Waals surface area contributed by atoms with Gasteiger partial charge in [-0.15, -0.1) is 0 Å². The van der Waals surface area contributed by atoms with Crippen molar-refractivity contribution in [1.82, 2.24) is 0 Å². The predicted molar refractivity (Wildman–Crippen MR) is 279 cm³/mol. The number of hydrogen-bond acceptors (Lipinski definition) is 6. The molecule has 0 bridgehead atoms. The molecule has 0 spiro atoms. The first-order valence-corrected chi connectivity index (χ1v) is 27.8. The maximum atomic E-state index is 12.8. The topological polar surface area (TPSA) is 78.9 Å². The first-order chi connectivity index (χ1) is 32.0. The summed E-state index contributed by atoms with van der Waals surface area (Å²) in [6.45, 7) is 6.59. The van der Waals surface area contributed by atoms with Crippen LogP contribution in [0.4, 0.5) is 0 Å². The van der Waals surface area contributed by atoms with Crippen LogP contribution in [0.2, 0.25) is 0 Å². The van der Waals surface area contributed by atoms with Crippen molar-refractivity contribution in [2.75, 3.05) is 13.2 Å². The summed E-state index contributed by atoms with van der Waals surface area (Å²) in [6, 6.07) is 0. The normalized spacial score (nSPS) is 12.5. The van der Waals surface area contributed by atoms with Crippen LogP contribution in [0.3, 0.4) is 0 Å². The highest BCUT2D eigenvalue weighted by molar-refractivity contribution is 5.71. The lowest BCUT2D eigenvalue weighted by atomic mass is 10.1. The fourth-order valence-electron chi connectivity index (χ4n) is 7.77. The van der Waals surface area contributed by atoms with E-state index in [0.29, 0.717) is 19.3 Å². The largest absolute Gasteiger partial charge is 0.462 e. The molecule has 0 N–H and O–H groups in total. The second-order valence-corrected chi connectivity index (χ2v) is 18.5. The molecule has 0 heterocycles. The Morgan fingerprint density at radius 3 is 0.923 bits per heavy atom. The van der Waals surface area contributed by atoms with E-state index in [4.69, 9.17) is 14.2 Å². The van der Waals surface area contributed by atoms with E-state index in [9.17, 15) is 14.4 Å². The number of ether oxygens (including phenoxy) is 3. The van der Waals surface area contributed by atoms with Gasteiger partial charge in [0.25, 0.3) is 0 Å². The molecule has 376 valence electrons. The van der Waals surface area contributed by atoms with Crippen molar-refractivity contribution < 1.29 is 28.6 Å². The van der Waals surface area contributed by atoms with Gasteiger partial charge in [0.2, 0.25) is 0 Å². The van der Waals surface area contributed by atoms with Gasteiger partial charge >= 0.3 is 17.9 Å². The fraction of sp³-hybridized carbons (Fsp3) is 0.780. The number of carbonyl (C=O) groups excluding carboxylic acids is 3. The minimum Gasteiger partial charge on any atom is -0.462 e. The second kappa shape index (κ2) is 53.7. The summed E-state index contributed by atoms with van der Waals surface area (Å²) in [7, 11) is 0. The van der Waals surface area contributed by atoms with Gasteiger partial charge in [0, 0.05) is 19.3 Å². The van der Waals surface area contributed by atoms with Crippen LogP contribution < -0.4 is 0 Å². The second-order valence-electron chi connectivity index (χ2n) is 18.5. The predicted octanol–water partition coefficient (Wildman–Crippen LogP) is 18.4. The van der Waals surface area contributed by atoms with Gasteiger partial charge in [-0.05, 0) is 89.9 Å². The lowest BCUT2D eigenvalue weighted by Gasteiger charge is -2.18. The van der Waals surface area contributed by atoms with Gasteiger partial charge in [-0.3, -0.25) is 14.4 Å². The summed E-state index contributed by atoms with van der Waals surface area (Å²) in [6.07, 6.45) is 66.3. The Labute approximate surface area is 402 Å². The van der Waals surface area contributed by atoms with Crippen molar-refractivity contribution in [1.29, 1.82) is 0 Å². The number of rotatable bonds is 50. The number of hydrogen-bond donors (Lipinski definition) is 0. The summed E-state index contributed by atoms with van der Waals surface area (Å²) in [5, 5.41) is 0. The van der Waals surface area contributed by atoms with Crippen molar-refractivity contribution in [2.24, 2.45) is 0 Å². The van der Waals surface area contributed by atoms with E-state index in [1.807, 2.05) is 0 Å². The third-order valence-corrected chi connectivity index (χ3v) is 12.0. The lowest BCUT2D eigenvalue weighted by molar-refractivity contribution is -0.167. The number of unbranched alkanes of at least 4 members (excludes halogenated alkanes) is 29. The Kier molecular flexibility index (Phi) is 51.3. The first kappa shape index (κ1) is 62.1. The zero-order valence-corrected chi connectivity index (χ0v) is 43.0. The van der Waals surface area contributed by atoms with Gasteiger partial charge in [-0.2, -0.15) is 0 Å². The van der Waals surface area contributed by atoms with Crippen molar-refractivity contribution >= 4 is 17.9 Å². The van der Waals surface area contributed by atoms with E-state index in [-0.39, 0.29) is 31.1 Å². The van der Waals surface area contributed by atoms with Gasteiger partial charge < -0.3 is 14.2 Å². The summed E-state index contributed by atoms with van der Waals surface area (Å²) < 4.78 is 16.8. The van der Waals surface area contributed by atoms with E-state index < -0.39 is 6.10 Å². The molecule has 0 radical (unpaired) electrons. The van der Waals surface area contributed by atoms with Crippen LogP contribution in [0.1, 0.15) is 278 Å². The van der Waals surface area contributed by atoms with Gasteiger partial charge in [0.05, 0.1) is 0 Å². The molecule has 0 rings (SSSR count). The molecular formula is C59H104O6. The maximum Gasteiger partial charge on any atom is 0.306 e. The summed E-state index contributed by atoms with van der Waals surface area (Å²) >= 11 is 0. The van der Waals surface area contributed by atoms with Gasteiger partial charge in [-0.1, -0.05) is 229 Å². The standard InChI is InChI=1S/C59H104O6/c1-4-7-10-13-16-19-22-24-26-28-29-31-32-34-37-40-43-46-49-52-58(61)64-55-56(54-63-57(60)51-48-45-42-39-36-21-18-15-12-9-6-3)65-59(62)53-50-47-44-41-38-35-33-30-27-25-23-20-17-14-11-8-5-2/h16,19,24-27,29,31,34,37,56H,4-15,17-18,20-23,28,30,32-33,35-36,38-55H2,1-3H3/b19-16-,26-24-,27-25-,31-29-,37-34-/t56-/m0/s1. The molecule has 1 atom stereocenters. The monoisotopic (exact) mass is 909 g/mol. The molecule has 0 aliphatic carbocycles. The molecule has 0 unspecified atom stereocenters. The Morgan fingerprint density at radius 2 is 0.554 bits per heavy atom. The smallest absolute Gasteiger partial charge is 0.306 e. The molecule has 0 amide bonds. The molecule has 0 aliphatic heterocycles. The highest BCUT2D eigenvalue weighted by Crippen LogP contribution is 2.15. The van der Waals surface area contributed by atoms with E-state index in [1.165, 1.54) is 154 Å². The average molecular weight is 909 g/mol. The SMILES string of the molecule is CCCCC/C=C\C/C=C\C/C=C\C/C=C\CCCCCC(=O)OC[C@H](COC(=O)CCCCCCCCCCCCC)OC(=O)CCCCCCCCC/C=C\CCCCCCCC. The van der Waals surface area contributed by atoms with Crippen molar-refractivity contribution in [3.05, 3.63) is 60.8 Å². The van der Waals surface area contributed by atoms with Gasteiger partial charge in [0.15, 0.2) is 6.10 Å². The van der Waals surface area contributed by atoms with E-state index in [1.54, 1.807) is 0 Å². The summed E-state index contributed by atoms with van der Waals surface area (Å²) in [4.78, 5) is 38.0. The molecule has 0 fully saturated rings. The molecule has 0 aromatic rings. The van der Waals surface area contributed by atoms with Crippen LogP contribution in [0.5, 0.6) is 0 Å². The molecule has 6 nitrogen and oxygen atoms in total. The zero-order chi connectivity index (χ0) is 47.2. The fourth-order valence-corrected chi connectivity index (χ4v) is 7.77. The molecule has 0 saturated heterocycles. The van der Waals surface area contributed by atoms with Crippen LogP contribution in [0, 0.1) is 0 Å². The van der Waals surface area contributed by atoms with Crippen LogP contribution >= 0.6 is 0 Å². The van der Waals surface area contributed by atoms with Crippen LogP contribution in [-0.2, 0) is 28.6 Å². The Balaban J connectivity index is 4.40. The van der Waals surface area contributed by atoms with Crippen LogP contribution in [-0.4, -0.2) is 37.2 Å². The molecule has 0 aromatic heterocycles. The number of allylic oxidation sites excluding steroid dienone is 10. The molecule has 0 aromatic carbocycles. The lowest BCUT2D eigenvalue weighted by Crippen LogP contribution is -2.30. The van der Waals surface area contributed by atoms with Gasteiger partial charge in [0.1, 0.15) is 13.2 Å². The van der Waals surface area contributed by atoms with E-state index in [2.05, 4.69) is 81.5 Å². The minimum atomic E-state index is -0.787. The molecule has 6 heteroatoms. The minimum absolute atomic E-state index is 0.0841. The summed E-state index contributed by atoms with van der Waals surface area (Å²) in [5.74, 6) is -0.913. The highest BCUT2D eigenvalue weighted by Gasteiger charge is 2.19. The van der Waals surface area contributed by atoms with Gasteiger partial charge in [-0.25, -0.2) is 0 Å². The molecule has 0 saturated carbocycles. The van der Waals surface area contributed by atoms with Crippen LogP contribution in [0.25, 0.3) is 0 Å². The highest BCUT2D eigenvalue weighted by atomic mass is 16.6. The Morgan fingerprint density at radius 1 is 0.308 bits per heavy atom. The number of carbonyl (C=O) groups is 3. The van der Waals surface area contributed by atoms with E-state index >= 15 is 0 Å². The first-order valence-electron chi connectivity index (χ1n) is 27.8. The summed E-state index contributed by atoms with van der Waals surface area (Å²) in [5.41, 5.74) is 0. The van der Waals surface area contributed by atoms with Crippen molar-refractivity contribution in [3.8, 4) is 0 Å². The quantitative estimate of drug-likeness (QED) is 0.0262. The molecule has 65 heavy (non-hydrogen) atoms. The third kappa shape index (κ3) is 51.9. The molecular weight excluding hydrogens is 805 g/mol.